The second-order valence-electron chi connectivity index (χ2n) is 5.55. The van der Waals surface area contributed by atoms with Crippen molar-refractivity contribution in [3.63, 3.8) is 0 Å². The highest BCUT2D eigenvalue weighted by atomic mass is 35.5. The van der Waals surface area contributed by atoms with Crippen LogP contribution in [0.2, 0.25) is 10.0 Å². The molecule has 0 atom stereocenters. The average Bonchev–Trinajstić information content (AvgIpc) is 2.62. The Morgan fingerprint density at radius 2 is 1.69 bits per heavy atom. The second-order valence-corrected chi connectivity index (χ2v) is 6.39. The maximum Gasteiger partial charge on any atom is 0.306 e. The van der Waals surface area contributed by atoms with Gasteiger partial charge in [-0.2, -0.15) is 0 Å². The van der Waals surface area contributed by atoms with E-state index in [1.807, 2.05) is 0 Å². The van der Waals surface area contributed by atoms with Gasteiger partial charge in [0.05, 0.1) is 6.42 Å². The van der Waals surface area contributed by atoms with Gasteiger partial charge in [0.15, 0.2) is 12.4 Å². The molecule has 0 fully saturated rings. The zero-order chi connectivity index (χ0) is 19.1. The minimum atomic E-state index is -0.620. The van der Waals surface area contributed by atoms with E-state index in [1.165, 1.54) is 0 Å². The second kappa shape index (κ2) is 9.36. The van der Waals surface area contributed by atoms with E-state index in [2.05, 4.69) is 5.32 Å². The van der Waals surface area contributed by atoms with Crippen molar-refractivity contribution in [2.24, 2.45) is 0 Å². The van der Waals surface area contributed by atoms with E-state index in [-0.39, 0.29) is 18.6 Å². The number of hydrogen-bond acceptors (Lipinski definition) is 4. The molecular weight excluding hydrogens is 377 g/mol. The number of amides is 1. The number of halogens is 2. The summed E-state index contributed by atoms with van der Waals surface area (Å²) >= 11 is 11.7. The summed E-state index contributed by atoms with van der Waals surface area (Å²) in [5.41, 5.74) is 1.75. The molecule has 7 heteroatoms. The molecule has 0 saturated heterocycles. The van der Waals surface area contributed by atoms with Gasteiger partial charge in [-0.05, 0) is 48.9 Å². The zero-order valence-electron chi connectivity index (χ0n) is 14.1. The number of benzene rings is 2. The Balaban J connectivity index is 1.76. The highest BCUT2D eigenvalue weighted by Gasteiger charge is 2.13. The van der Waals surface area contributed by atoms with Crippen LogP contribution in [0, 0.1) is 6.92 Å². The van der Waals surface area contributed by atoms with Gasteiger partial charge in [-0.15, -0.1) is 0 Å². The molecule has 136 valence electrons. The van der Waals surface area contributed by atoms with Gasteiger partial charge in [-0.1, -0.05) is 29.3 Å². The Kier molecular flexibility index (Phi) is 7.18. The molecular formula is C19H17Cl2NO4. The summed E-state index contributed by atoms with van der Waals surface area (Å²) in [5.74, 6) is -1.30. The van der Waals surface area contributed by atoms with Crippen LogP contribution < -0.4 is 5.32 Å². The number of ether oxygens (including phenoxy) is 1. The van der Waals surface area contributed by atoms with Gasteiger partial charge in [0.25, 0.3) is 5.91 Å². The standard InChI is InChI=1S/C19H17Cl2NO4/c1-12-15(21)3-2-4-16(12)22-18(24)11-26-19(25)10-9-17(23)13-5-7-14(20)8-6-13/h2-8H,9-11H2,1H3,(H,22,24). The topological polar surface area (TPSA) is 72.5 Å². The molecule has 0 radical (unpaired) electrons. The van der Waals surface area contributed by atoms with Gasteiger partial charge in [0.2, 0.25) is 0 Å². The smallest absolute Gasteiger partial charge is 0.306 e. The number of nitrogens with one attached hydrogen (secondary N) is 1. The minimum Gasteiger partial charge on any atom is -0.456 e. The number of carbonyl (C=O) groups is 3. The number of carbonyl (C=O) groups excluding carboxylic acids is 3. The summed E-state index contributed by atoms with van der Waals surface area (Å²) in [4.78, 5) is 35.5. The highest BCUT2D eigenvalue weighted by molar-refractivity contribution is 6.31. The first-order valence-corrected chi connectivity index (χ1v) is 8.62. The van der Waals surface area contributed by atoms with Crippen LogP contribution in [0.25, 0.3) is 0 Å². The van der Waals surface area contributed by atoms with E-state index in [4.69, 9.17) is 27.9 Å². The van der Waals surface area contributed by atoms with Crippen LogP contribution in [0.1, 0.15) is 28.8 Å². The molecule has 0 aliphatic heterocycles. The molecule has 0 heterocycles. The molecule has 0 saturated carbocycles. The molecule has 0 spiro atoms. The number of esters is 1. The van der Waals surface area contributed by atoms with Crippen LogP contribution in [0.4, 0.5) is 5.69 Å². The number of Topliss-reactive ketones (excluding diaryl/α,β-unsaturated/α-hetero) is 1. The van der Waals surface area contributed by atoms with E-state index in [9.17, 15) is 14.4 Å². The molecule has 0 bridgehead atoms. The molecule has 5 nitrogen and oxygen atoms in total. The van der Waals surface area contributed by atoms with Crippen LogP contribution in [0.15, 0.2) is 42.5 Å². The van der Waals surface area contributed by atoms with E-state index < -0.39 is 18.5 Å². The summed E-state index contributed by atoms with van der Waals surface area (Å²) in [5, 5.41) is 3.68. The molecule has 2 aromatic rings. The maximum atomic E-state index is 12.0. The summed E-state index contributed by atoms with van der Waals surface area (Å²) in [6, 6.07) is 11.5. The lowest BCUT2D eigenvalue weighted by molar-refractivity contribution is -0.147. The summed E-state index contributed by atoms with van der Waals surface area (Å²) in [7, 11) is 0. The van der Waals surface area contributed by atoms with Crippen LogP contribution in [-0.2, 0) is 14.3 Å². The Labute approximate surface area is 161 Å². The highest BCUT2D eigenvalue weighted by Crippen LogP contribution is 2.22. The largest absolute Gasteiger partial charge is 0.456 e. The Bertz CT molecular complexity index is 819. The van der Waals surface area contributed by atoms with E-state index in [0.717, 1.165) is 5.56 Å². The Morgan fingerprint density at radius 1 is 1.00 bits per heavy atom. The van der Waals surface area contributed by atoms with Crippen molar-refractivity contribution >= 4 is 46.5 Å². The normalized spacial score (nSPS) is 10.3. The molecule has 0 aliphatic rings. The van der Waals surface area contributed by atoms with Crippen molar-refractivity contribution in [3.05, 3.63) is 63.6 Å². The average molecular weight is 394 g/mol. The first-order chi connectivity index (χ1) is 12.4. The fourth-order valence-corrected chi connectivity index (χ4v) is 2.44. The van der Waals surface area contributed by atoms with E-state index in [1.54, 1.807) is 49.4 Å². The van der Waals surface area contributed by atoms with Gasteiger partial charge in [0, 0.05) is 27.7 Å². The van der Waals surface area contributed by atoms with Crippen LogP contribution in [0.3, 0.4) is 0 Å². The van der Waals surface area contributed by atoms with Crippen molar-refractivity contribution in [3.8, 4) is 0 Å². The zero-order valence-corrected chi connectivity index (χ0v) is 15.6. The molecule has 26 heavy (non-hydrogen) atoms. The Hall–Kier alpha value is -2.37. The van der Waals surface area contributed by atoms with Crippen LogP contribution >= 0.6 is 23.2 Å². The number of anilines is 1. The van der Waals surface area contributed by atoms with Crippen LogP contribution in [0.5, 0.6) is 0 Å². The van der Waals surface area contributed by atoms with Crippen molar-refractivity contribution in [1.82, 2.24) is 0 Å². The van der Waals surface area contributed by atoms with Crippen molar-refractivity contribution < 1.29 is 19.1 Å². The SMILES string of the molecule is Cc1c(Cl)cccc1NC(=O)COC(=O)CCC(=O)c1ccc(Cl)cc1. The van der Waals surface area contributed by atoms with E-state index in [0.29, 0.717) is 21.3 Å². The Morgan fingerprint density at radius 3 is 2.38 bits per heavy atom. The van der Waals surface area contributed by atoms with Crippen LogP contribution in [-0.4, -0.2) is 24.3 Å². The lowest BCUT2D eigenvalue weighted by Crippen LogP contribution is -2.21. The third-order valence-electron chi connectivity index (χ3n) is 3.63. The lowest BCUT2D eigenvalue weighted by Gasteiger charge is -2.10. The third-order valence-corrected chi connectivity index (χ3v) is 4.29. The van der Waals surface area contributed by atoms with Crippen molar-refractivity contribution in [1.29, 1.82) is 0 Å². The molecule has 1 amide bonds. The predicted octanol–water partition coefficient (Wildman–Crippen LogP) is 4.45. The fourth-order valence-electron chi connectivity index (χ4n) is 2.14. The molecule has 0 aliphatic carbocycles. The summed E-state index contributed by atoms with van der Waals surface area (Å²) < 4.78 is 4.89. The van der Waals surface area contributed by atoms with Gasteiger partial charge in [-0.25, -0.2) is 0 Å². The monoisotopic (exact) mass is 393 g/mol. The molecule has 2 aromatic carbocycles. The summed E-state index contributed by atoms with van der Waals surface area (Å²) in [6.45, 7) is 1.34. The lowest BCUT2D eigenvalue weighted by atomic mass is 10.1. The summed E-state index contributed by atoms with van der Waals surface area (Å²) in [6.07, 6.45) is -0.111. The molecule has 0 aromatic heterocycles. The third kappa shape index (κ3) is 5.86. The van der Waals surface area contributed by atoms with Gasteiger partial charge >= 0.3 is 5.97 Å². The van der Waals surface area contributed by atoms with Gasteiger partial charge in [0.1, 0.15) is 0 Å². The fraction of sp³-hybridized carbons (Fsp3) is 0.211. The number of hydrogen-bond donors (Lipinski definition) is 1. The predicted molar refractivity (Wildman–Crippen MR) is 101 cm³/mol. The minimum absolute atomic E-state index is 0.00448. The first kappa shape index (κ1) is 19.9. The molecule has 0 unspecified atom stereocenters. The maximum absolute atomic E-state index is 12.0. The molecule has 2 rings (SSSR count). The first-order valence-electron chi connectivity index (χ1n) is 7.86. The molecule has 1 N–H and O–H groups in total. The van der Waals surface area contributed by atoms with Crippen molar-refractivity contribution in [2.75, 3.05) is 11.9 Å². The van der Waals surface area contributed by atoms with Gasteiger partial charge in [-0.3, -0.25) is 14.4 Å². The quantitative estimate of drug-likeness (QED) is 0.557. The van der Waals surface area contributed by atoms with Crippen molar-refractivity contribution in [2.45, 2.75) is 19.8 Å². The van der Waals surface area contributed by atoms with E-state index >= 15 is 0 Å². The number of ketones is 1. The van der Waals surface area contributed by atoms with Gasteiger partial charge < -0.3 is 10.1 Å². The number of rotatable bonds is 7.